The Morgan fingerprint density at radius 2 is 2.23 bits per heavy atom. The quantitative estimate of drug-likeness (QED) is 0.494. The maximum atomic E-state index is 11.2. The highest BCUT2D eigenvalue weighted by molar-refractivity contribution is 7.90. The zero-order valence-corrected chi connectivity index (χ0v) is 8.43. The minimum Gasteiger partial charge on any atom is -0.468 e. The van der Waals surface area contributed by atoms with Gasteiger partial charge in [-0.1, -0.05) is 6.08 Å². The Morgan fingerprint density at radius 3 is 2.62 bits per heavy atom. The average molecular weight is 207 g/mol. The lowest BCUT2D eigenvalue weighted by Gasteiger charge is -2.10. The van der Waals surface area contributed by atoms with Gasteiger partial charge in [0.05, 0.1) is 7.11 Å². The van der Waals surface area contributed by atoms with Crippen LogP contribution >= 0.6 is 0 Å². The second-order valence-corrected chi connectivity index (χ2v) is 4.43. The molecule has 0 aromatic carbocycles. The van der Waals surface area contributed by atoms with Crippen LogP contribution in [0.1, 0.15) is 6.92 Å². The van der Waals surface area contributed by atoms with Crippen molar-refractivity contribution >= 4 is 16.0 Å². The summed E-state index contributed by atoms with van der Waals surface area (Å²) in [7, 11) is -2.49. The molecule has 0 aromatic rings. The summed E-state index contributed by atoms with van der Waals surface area (Å²) in [6.07, 6.45) is 1.39. The zero-order valence-electron chi connectivity index (χ0n) is 7.61. The van der Waals surface area contributed by atoms with Crippen molar-refractivity contribution < 1.29 is 17.9 Å². The maximum absolute atomic E-state index is 11.2. The fraction of sp³-hybridized carbons (Fsp3) is 0.571. The van der Waals surface area contributed by atoms with Crippen LogP contribution in [0.3, 0.4) is 0 Å². The van der Waals surface area contributed by atoms with Crippen molar-refractivity contribution in [3.05, 3.63) is 12.7 Å². The third-order valence-corrected chi connectivity index (χ3v) is 3.12. The monoisotopic (exact) mass is 207 g/mol. The Balaban J connectivity index is 4.45. The molecule has 0 saturated carbocycles. The molecule has 13 heavy (non-hydrogen) atoms. The van der Waals surface area contributed by atoms with E-state index in [-0.39, 0.29) is 6.54 Å². The molecule has 0 fully saturated rings. The number of methoxy groups -OCH3 is 1. The van der Waals surface area contributed by atoms with Gasteiger partial charge in [-0.15, -0.1) is 6.58 Å². The molecule has 1 atom stereocenters. The van der Waals surface area contributed by atoms with Crippen LogP contribution in [0.15, 0.2) is 12.7 Å². The molecule has 0 aliphatic rings. The standard InChI is InChI=1S/C7H13NO4S/c1-4-5-8-13(10,11)6(2)7(9)12-3/h4,6,8H,1,5H2,2-3H3. The van der Waals surface area contributed by atoms with Crippen molar-refractivity contribution in [1.29, 1.82) is 0 Å². The first kappa shape index (κ1) is 12.1. The molecule has 0 radical (unpaired) electrons. The number of nitrogens with one attached hydrogen (secondary N) is 1. The molecule has 0 saturated heterocycles. The van der Waals surface area contributed by atoms with E-state index < -0.39 is 21.2 Å². The van der Waals surface area contributed by atoms with E-state index in [1.165, 1.54) is 13.0 Å². The van der Waals surface area contributed by atoms with Crippen molar-refractivity contribution in [2.75, 3.05) is 13.7 Å². The van der Waals surface area contributed by atoms with Gasteiger partial charge < -0.3 is 4.74 Å². The maximum Gasteiger partial charge on any atom is 0.325 e. The summed E-state index contributed by atoms with van der Waals surface area (Å²) in [5.41, 5.74) is 0. The first-order valence-corrected chi connectivity index (χ1v) is 5.17. The minimum absolute atomic E-state index is 0.101. The number of hydrogen-bond donors (Lipinski definition) is 1. The third-order valence-electron chi connectivity index (χ3n) is 1.43. The molecule has 76 valence electrons. The predicted molar refractivity (Wildman–Crippen MR) is 48.6 cm³/mol. The Kier molecular flexibility index (Phi) is 4.64. The first-order valence-electron chi connectivity index (χ1n) is 3.63. The van der Waals surface area contributed by atoms with Gasteiger partial charge in [0, 0.05) is 6.54 Å². The van der Waals surface area contributed by atoms with E-state index in [2.05, 4.69) is 16.0 Å². The van der Waals surface area contributed by atoms with Gasteiger partial charge in [0.2, 0.25) is 10.0 Å². The van der Waals surface area contributed by atoms with Crippen LogP contribution in [-0.4, -0.2) is 33.3 Å². The lowest BCUT2D eigenvalue weighted by molar-refractivity contribution is -0.139. The number of ether oxygens (including phenoxy) is 1. The van der Waals surface area contributed by atoms with Gasteiger partial charge in [-0.05, 0) is 6.92 Å². The fourth-order valence-corrected chi connectivity index (χ4v) is 1.54. The number of hydrogen-bond acceptors (Lipinski definition) is 4. The van der Waals surface area contributed by atoms with Gasteiger partial charge in [0.1, 0.15) is 0 Å². The molecule has 5 nitrogen and oxygen atoms in total. The summed E-state index contributed by atoms with van der Waals surface area (Å²) in [4.78, 5) is 10.9. The van der Waals surface area contributed by atoms with E-state index >= 15 is 0 Å². The summed E-state index contributed by atoms with van der Waals surface area (Å²) in [5.74, 6) is -0.781. The number of carbonyl (C=O) groups is 1. The molecule has 0 aliphatic heterocycles. The average Bonchev–Trinajstić information content (AvgIpc) is 2.12. The van der Waals surface area contributed by atoms with Crippen LogP contribution < -0.4 is 4.72 Å². The second-order valence-electron chi connectivity index (χ2n) is 2.35. The molecule has 6 heteroatoms. The Hall–Kier alpha value is -0.880. The second kappa shape index (κ2) is 4.98. The summed E-state index contributed by atoms with van der Waals surface area (Å²) < 4.78 is 28.9. The highest BCUT2D eigenvalue weighted by Gasteiger charge is 2.27. The molecule has 0 aliphatic carbocycles. The summed E-state index contributed by atoms with van der Waals surface area (Å²) >= 11 is 0. The van der Waals surface area contributed by atoms with Gasteiger partial charge in [-0.25, -0.2) is 13.1 Å². The SMILES string of the molecule is C=CCNS(=O)(=O)C(C)C(=O)OC. The van der Waals surface area contributed by atoms with E-state index in [1.807, 2.05) is 0 Å². The smallest absolute Gasteiger partial charge is 0.325 e. The molecule has 0 rings (SSSR count). The normalized spacial score (nSPS) is 13.4. The zero-order chi connectivity index (χ0) is 10.5. The van der Waals surface area contributed by atoms with Crippen molar-refractivity contribution in [2.45, 2.75) is 12.2 Å². The lowest BCUT2D eigenvalue weighted by atomic mass is 10.5. The Morgan fingerprint density at radius 1 is 1.69 bits per heavy atom. The minimum atomic E-state index is -3.63. The van der Waals surface area contributed by atoms with Crippen LogP contribution in [0, 0.1) is 0 Å². The summed E-state index contributed by atoms with van der Waals surface area (Å²) in [6.45, 7) is 4.71. The van der Waals surface area contributed by atoms with Crippen LogP contribution in [0.4, 0.5) is 0 Å². The lowest BCUT2D eigenvalue weighted by Crippen LogP contribution is -2.38. The van der Waals surface area contributed by atoms with Crippen molar-refractivity contribution in [1.82, 2.24) is 4.72 Å². The van der Waals surface area contributed by atoms with Crippen LogP contribution in [0.25, 0.3) is 0 Å². The molecule has 1 unspecified atom stereocenters. The predicted octanol–water partition coefficient (Wildman–Crippen LogP) is -0.347. The highest BCUT2D eigenvalue weighted by atomic mass is 32.2. The molecule has 0 bridgehead atoms. The van der Waals surface area contributed by atoms with Gasteiger partial charge in [-0.2, -0.15) is 0 Å². The van der Waals surface area contributed by atoms with Gasteiger partial charge in [-0.3, -0.25) is 4.79 Å². The number of rotatable bonds is 5. The molecule has 1 N–H and O–H groups in total. The molecule has 0 spiro atoms. The molecule has 0 heterocycles. The van der Waals surface area contributed by atoms with E-state index in [1.54, 1.807) is 0 Å². The van der Waals surface area contributed by atoms with Gasteiger partial charge in [0.15, 0.2) is 5.25 Å². The van der Waals surface area contributed by atoms with Crippen LogP contribution in [0.2, 0.25) is 0 Å². The largest absolute Gasteiger partial charge is 0.468 e. The van der Waals surface area contributed by atoms with E-state index in [0.29, 0.717) is 0 Å². The summed E-state index contributed by atoms with van der Waals surface area (Å²) in [6, 6.07) is 0. The Bertz CT molecular complexity index is 283. The Labute approximate surface area is 77.8 Å². The molecular formula is C7H13NO4S. The highest BCUT2D eigenvalue weighted by Crippen LogP contribution is 1.99. The van der Waals surface area contributed by atoms with Gasteiger partial charge in [0.25, 0.3) is 0 Å². The van der Waals surface area contributed by atoms with Crippen LogP contribution in [-0.2, 0) is 19.6 Å². The van der Waals surface area contributed by atoms with Crippen LogP contribution in [0.5, 0.6) is 0 Å². The van der Waals surface area contributed by atoms with E-state index in [0.717, 1.165) is 7.11 Å². The fourth-order valence-electron chi connectivity index (χ4n) is 0.593. The molecule has 0 amide bonds. The van der Waals surface area contributed by atoms with E-state index in [4.69, 9.17) is 0 Å². The third kappa shape index (κ3) is 3.56. The van der Waals surface area contributed by atoms with Crippen molar-refractivity contribution in [3.63, 3.8) is 0 Å². The number of carbonyl (C=O) groups excluding carboxylic acids is 1. The molecule has 0 aromatic heterocycles. The van der Waals surface area contributed by atoms with E-state index in [9.17, 15) is 13.2 Å². The van der Waals surface area contributed by atoms with Crippen molar-refractivity contribution in [2.24, 2.45) is 0 Å². The van der Waals surface area contributed by atoms with Gasteiger partial charge >= 0.3 is 5.97 Å². The summed E-state index contributed by atoms with van der Waals surface area (Å²) in [5, 5.41) is -1.20. The number of sulfonamides is 1. The molecular weight excluding hydrogens is 194 g/mol. The topological polar surface area (TPSA) is 72.5 Å². The van der Waals surface area contributed by atoms with Crippen molar-refractivity contribution in [3.8, 4) is 0 Å². The number of esters is 1. The first-order chi connectivity index (χ1) is 5.95.